The van der Waals surface area contributed by atoms with Gasteiger partial charge in [-0.1, -0.05) is 79.7 Å². The molecule has 0 heterocycles. The summed E-state index contributed by atoms with van der Waals surface area (Å²) in [7, 11) is 0. The van der Waals surface area contributed by atoms with Crippen molar-refractivity contribution >= 4 is 0 Å². The average molecular weight is 380 g/mol. The maximum absolute atomic E-state index is 9.21. The highest BCUT2D eigenvalue weighted by molar-refractivity contribution is 5.76. The summed E-state index contributed by atoms with van der Waals surface area (Å²) in [5.41, 5.74) is 8.04. The lowest BCUT2D eigenvalue weighted by Crippen LogP contribution is -1.94. The summed E-state index contributed by atoms with van der Waals surface area (Å²) in [4.78, 5) is 0. The van der Waals surface area contributed by atoms with Crippen LogP contribution in [-0.2, 0) is 6.42 Å². The molecule has 5 rings (SSSR count). The van der Waals surface area contributed by atoms with Crippen molar-refractivity contribution in [1.82, 2.24) is 0 Å². The van der Waals surface area contributed by atoms with Crippen molar-refractivity contribution in [3.8, 4) is 22.6 Å². The van der Waals surface area contributed by atoms with Gasteiger partial charge >= 0.3 is 0 Å². The normalized spacial score (nSPS) is 11.4. The van der Waals surface area contributed by atoms with Gasteiger partial charge in [-0.2, -0.15) is 0 Å². The van der Waals surface area contributed by atoms with Gasteiger partial charge in [0.25, 0.3) is 0 Å². The van der Waals surface area contributed by atoms with Crippen molar-refractivity contribution in [3.05, 3.63) is 119 Å². The molecule has 0 aliphatic heterocycles. The Kier molecular flexibility index (Phi) is 5.35. The van der Waals surface area contributed by atoms with E-state index in [-0.39, 0.29) is 17.4 Å². The van der Waals surface area contributed by atoms with Crippen molar-refractivity contribution in [3.63, 3.8) is 0 Å². The smallest absolute Gasteiger partial charge is 0.115 e. The van der Waals surface area contributed by atoms with Crippen LogP contribution in [-0.4, -0.2) is 10.2 Å². The van der Waals surface area contributed by atoms with Crippen molar-refractivity contribution in [2.75, 3.05) is 0 Å². The zero-order chi connectivity index (χ0) is 20.2. The van der Waals surface area contributed by atoms with Crippen molar-refractivity contribution in [1.29, 1.82) is 0 Å². The molecule has 0 aromatic heterocycles. The highest BCUT2D eigenvalue weighted by atomic mass is 16.3. The van der Waals surface area contributed by atoms with Crippen molar-refractivity contribution < 1.29 is 10.2 Å². The Morgan fingerprint density at radius 3 is 1.34 bits per heavy atom. The molecule has 0 fully saturated rings. The van der Waals surface area contributed by atoms with Crippen LogP contribution in [0.5, 0.6) is 11.5 Å². The Morgan fingerprint density at radius 1 is 0.552 bits per heavy atom. The van der Waals surface area contributed by atoms with E-state index in [1.165, 1.54) is 22.3 Å². The first-order valence-electron chi connectivity index (χ1n) is 9.86. The lowest BCUT2D eigenvalue weighted by molar-refractivity contribution is 0.475. The first-order chi connectivity index (χ1) is 14.1. The fourth-order valence-corrected chi connectivity index (χ4v) is 3.80. The van der Waals surface area contributed by atoms with Crippen LogP contribution in [0.1, 0.15) is 35.1 Å². The number of fused-ring (bicyclic) bond motifs is 3. The summed E-state index contributed by atoms with van der Waals surface area (Å²) in [6.07, 6.45) is 1.10. The molecule has 0 amide bonds. The second-order valence-electron chi connectivity index (χ2n) is 7.40. The van der Waals surface area contributed by atoms with Gasteiger partial charge in [-0.25, -0.2) is 0 Å². The van der Waals surface area contributed by atoms with Crippen LogP contribution in [0.2, 0.25) is 0 Å². The summed E-state index contributed by atoms with van der Waals surface area (Å²) < 4.78 is 0. The fourth-order valence-electron chi connectivity index (χ4n) is 3.80. The van der Waals surface area contributed by atoms with E-state index in [4.69, 9.17) is 0 Å². The number of rotatable bonds is 2. The molecule has 4 aromatic carbocycles. The van der Waals surface area contributed by atoms with Gasteiger partial charge in [0.05, 0.1) is 0 Å². The molecule has 0 saturated heterocycles. The SMILES string of the molecule is CC(c1ccc(O)cc1)c1ccc(O)cc1.c1ccc2c(c1)Cc1ccccc1-2. The van der Waals surface area contributed by atoms with Gasteiger partial charge in [0, 0.05) is 5.92 Å². The zero-order valence-electron chi connectivity index (χ0n) is 16.4. The van der Waals surface area contributed by atoms with E-state index < -0.39 is 0 Å². The summed E-state index contributed by atoms with van der Waals surface area (Å²) >= 11 is 0. The van der Waals surface area contributed by atoms with Gasteiger partial charge in [0.2, 0.25) is 0 Å². The Morgan fingerprint density at radius 2 is 0.931 bits per heavy atom. The van der Waals surface area contributed by atoms with E-state index in [9.17, 15) is 10.2 Å². The molecule has 1 aliphatic carbocycles. The largest absolute Gasteiger partial charge is 0.508 e. The first kappa shape index (κ1) is 18.8. The number of aromatic hydroxyl groups is 2. The highest BCUT2D eigenvalue weighted by Gasteiger charge is 2.15. The van der Waals surface area contributed by atoms with Gasteiger partial charge < -0.3 is 10.2 Å². The minimum atomic E-state index is 0.251. The minimum Gasteiger partial charge on any atom is -0.508 e. The number of phenols is 2. The second-order valence-corrected chi connectivity index (χ2v) is 7.40. The van der Waals surface area contributed by atoms with Crippen LogP contribution in [0.4, 0.5) is 0 Å². The second kappa shape index (κ2) is 8.24. The molecule has 144 valence electrons. The summed E-state index contributed by atoms with van der Waals surface area (Å²) in [5.74, 6) is 0.810. The molecule has 2 heteroatoms. The van der Waals surface area contributed by atoms with E-state index in [2.05, 4.69) is 55.5 Å². The Labute approximate surface area is 171 Å². The van der Waals surface area contributed by atoms with Gasteiger partial charge in [0.1, 0.15) is 11.5 Å². The van der Waals surface area contributed by atoms with E-state index in [1.54, 1.807) is 24.3 Å². The van der Waals surface area contributed by atoms with E-state index in [0.29, 0.717) is 0 Å². The summed E-state index contributed by atoms with van der Waals surface area (Å²) in [6.45, 7) is 2.10. The van der Waals surface area contributed by atoms with Gasteiger partial charge in [-0.15, -0.1) is 0 Å². The van der Waals surface area contributed by atoms with Crippen LogP contribution in [0.15, 0.2) is 97.1 Å². The molecular formula is C27H24O2. The fraction of sp³-hybridized carbons (Fsp3) is 0.111. The Balaban J connectivity index is 0.000000144. The van der Waals surface area contributed by atoms with Crippen LogP contribution < -0.4 is 0 Å². The van der Waals surface area contributed by atoms with Gasteiger partial charge in [-0.05, 0) is 64.1 Å². The first-order valence-corrected chi connectivity index (χ1v) is 9.86. The molecule has 0 unspecified atom stereocenters. The molecule has 0 atom stereocenters. The molecular weight excluding hydrogens is 356 g/mol. The highest BCUT2D eigenvalue weighted by Crippen LogP contribution is 2.35. The quantitative estimate of drug-likeness (QED) is 0.367. The maximum atomic E-state index is 9.21. The van der Waals surface area contributed by atoms with E-state index >= 15 is 0 Å². The summed E-state index contributed by atoms with van der Waals surface area (Å²) in [6, 6.07) is 31.7. The third kappa shape index (κ3) is 4.17. The predicted molar refractivity (Wildman–Crippen MR) is 118 cm³/mol. The third-order valence-corrected chi connectivity index (χ3v) is 5.49. The molecule has 2 nitrogen and oxygen atoms in total. The van der Waals surface area contributed by atoms with Crippen molar-refractivity contribution in [2.24, 2.45) is 0 Å². The third-order valence-electron chi connectivity index (χ3n) is 5.49. The summed E-state index contributed by atoms with van der Waals surface area (Å²) in [5, 5.41) is 18.4. The average Bonchev–Trinajstić information content (AvgIpc) is 3.14. The monoisotopic (exact) mass is 380 g/mol. The minimum absolute atomic E-state index is 0.251. The number of benzene rings is 4. The molecule has 2 N–H and O–H groups in total. The standard InChI is InChI=1S/C14H14O2.C13H10/c1-10(11-2-6-13(15)7-3-11)12-4-8-14(16)9-5-12;1-3-7-12-10(5-1)9-11-6-2-4-8-13(11)12/h2-10,15-16H,1H3;1-8H,9H2. The van der Waals surface area contributed by atoms with Gasteiger partial charge in [0.15, 0.2) is 0 Å². The molecule has 4 aromatic rings. The van der Waals surface area contributed by atoms with Gasteiger partial charge in [-0.3, -0.25) is 0 Å². The molecule has 1 aliphatic rings. The van der Waals surface area contributed by atoms with Crippen LogP contribution in [0.25, 0.3) is 11.1 Å². The van der Waals surface area contributed by atoms with Crippen LogP contribution in [0, 0.1) is 0 Å². The van der Waals surface area contributed by atoms with E-state index in [1.807, 2.05) is 24.3 Å². The lowest BCUT2D eigenvalue weighted by atomic mass is 9.93. The maximum Gasteiger partial charge on any atom is 0.115 e. The van der Waals surface area contributed by atoms with Crippen LogP contribution in [0.3, 0.4) is 0 Å². The molecule has 0 radical (unpaired) electrons. The Bertz CT molecular complexity index is 1010. The van der Waals surface area contributed by atoms with E-state index in [0.717, 1.165) is 17.5 Å². The number of hydrogen-bond acceptors (Lipinski definition) is 2. The Hall–Kier alpha value is -3.52. The molecule has 0 spiro atoms. The number of hydrogen-bond donors (Lipinski definition) is 2. The molecule has 0 bridgehead atoms. The van der Waals surface area contributed by atoms with Crippen LogP contribution >= 0.6 is 0 Å². The molecule has 29 heavy (non-hydrogen) atoms. The number of phenolic OH excluding ortho intramolecular Hbond substituents is 2. The zero-order valence-corrected chi connectivity index (χ0v) is 16.4. The lowest BCUT2D eigenvalue weighted by Gasteiger charge is -2.12. The predicted octanol–water partition coefficient (Wildman–Crippen LogP) is 6.51. The topological polar surface area (TPSA) is 40.5 Å². The molecule has 0 saturated carbocycles. The van der Waals surface area contributed by atoms with Crippen molar-refractivity contribution in [2.45, 2.75) is 19.3 Å².